The Balaban J connectivity index is 1.42. The molecule has 1 aliphatic heterocycles. The van der Waals surface area contributed by atoms with E-state index in [9.17, 15) is 18.4 Å². The fraction of sp³-hybridized carbons (Fsp3) is 0.471. The molecular formula is C17H20F2N4O2S2. The fourth-order valence-corrected chi connectivity index (χ4v) is 4.23. The van der Waals surface area contributed by atoms with E-state index in [1.165, 1.54) is 22.7 Å². The molecule has 3 heterocycles. The highest BCUT2D eigenvalue weighted by molar-refractivity contribution is 7.14. The number of amides is 2. The zero-order valence-electron chi connectivity index (χ0n) is 14.5. The van der Waals surface area contributed by atoms with Crippen LogP contribution >= 0.6 is 22.7 Å². The number of rotatable bonds is 7. The minimum atomic E-state index is -2.32. The van der Waals surface area contributed by atoms with Gasteiger partial charge in [-0.05, 0) is 24.3 Å². The zero-order chi connectivity index (χ0) is 19.2. The van der Waals surface area contributed by atoms with Crippen molar-refractivity contribution in [3.63, 3.8) is 0 Å². The molecule has 0 atom stereocenters. The van der Waals surface area contributed by atoms with Crippen LogP contribution in [0.5, 0.6) is 0 Å². The number of aromatic nitrogens is 1. The van der Waals surface area contributed by atoms with E-state index < -0.39 is 6.43 Å². The van der Waals surface area contributed by atoms with E-state index in [1.807, 2.05) is 5.38 Å². The Morgan fingerprint density at radius 1 is 1.30 bits per heavy atom. The van der Waals surface area contributed by atoms with Gasteiger partial charge in [-0.25, -0.2) is 13.8 Å². The first-order valence-electron chi connectivity index (χ1n) is 8.58. The molecule has 3 rings (SSSR count). The van der Waals surface area contributed by atoms with E-state index in [-0.39, 0.29) is 30.8 Å². The van der Waals surface area contributed by atoms with Gasteiger partial charge in [0.15, 0.2) is 5.13 Å². The number of hydrogen-bond acceptors (Lipinski definition) is 6. The lowest BCUT2D eigenvalue weighted by molar-refractivity contribution is -0.121. The summed E-state index contributed by atoms with van der Waals surface area (Å²) in [6, 6.07) is 3.53. The van der Waals surface area contributed by atoms with Crippen molar-refractivity contribution in [3.05, 3.63) is 33.5 Å². The van der Waals surface area contributed by atoms with E-state index in [2.05, 4.69) is 15.6 Å². The number of alkyl halides is 2. The summed E-state index contributed by atoms with van der Waals surface area (Å²) >= 11 is 2.62. The third-order valence-corrected chi connectivity index (χ3v) is 5.88. The average molecular weight is 415 g/mol. The molecule has 0 unspecified atom stereocenters. The molecule has 2 amide bonds. The summed E-state index contributed by atoms with van der Waals surface area (Å²) in [7, 11) is 0. The third-order valence-electron chi connectivity index (χ3n) is 4.21. The van der Waals surface area contributed by atoms with Crippen LogP contribution in [-0.4, -0.2) is 53.8 Å². The zero-order valence-corrected chi connectivity index (χ0v) is 16.1. The highest BCUT2D eigenvalue weighted by Crippen LogP contribution is 2.19. The maximum Gasteiger partial charge on any atom is 0.267 e. The number of nitrogens with one attached hydrogen (secondary N) is 2. The van der Waals surface area contributed by atoms with E-state index in [0.29, 0.717) is 41.6 Å². The first-order valence-corrected chi connectivity index (χ1v) is 10.3. The Morgan fingerprint density at radius 3 is 2.74 bits per heavy atom. The molecule has 0 radical (unpaired) electrons. The van der Waals surface area contributed by atoms with Crippen molar-refractivity contribution >= 4 is 39.6 Å². The Morgan fingerprint density at radius 2 is 2.07 bits per heavy atom. The van der Waals surface area contributed by atoms with Gasteiger partial charge in [0.05, 0.1) is 23.5 Å². The molecule has 10 heteroatoms. The van der Waals surface area contributed by atoms with Crippen LogP contribution in [0.3, 0.4) is 0 Å². The summed E-state index contributed by atoms with van der Waals surface area (Å²) < 4.78 is 24.8. The van der Waals surface area contributed by atoms with Gasteiger partial charge in [0.25, 0.3) is 12.3 Å². The number of piperidine rings is 1. The van der Waals surface area contributed by atoms with Gasteiger partial charge in [0, 0.05) is 24.5 Å². The number of halogens is 2. The van der Waals surface area contributed by atoms with Gasteiger partial charge in [0.1, 0.15) is 0 Å². The molecule has 27 heavy (non-hydrogen) atoms. The lowest BCUT2D eigenvalue weighted by Crippen LogP contribution is -2.46. The average Bonchev–Trinajstić information content (AvgIpc) is 3.28. The highest BCUT2D eigenvalue weighted by atomic mass is 32.1. The molecule has 2 aromatic rings. The third kappa shape index (κ3) is 6.05. The molecule has 0 spiro atoms. The number of anilines is 1. The Kier molecular flexibility index (Phi) is 6.86. The van der Waals surface area contributed by atoms with Crippen molar-refractivity contribution < 1.29 is 18.4 Å². The second-order valence-electron chi connectivity index (χ2n) is 6.29. The lowest BCUT2D eigenvalue weighted by atomic mass is 10.0. The summed E-state index contributed by atoms with van der Waals surface area (Å²) in [5.41, 5.74) is 0.592. The topological polar surface area (TPSA) is 74.3 Å². The number of carbonyl (C=O) groups is 2. The molecule has 2 aromatic heterocycles. The standard InChI is InChI=1S/C17H20F2N4O2S2/c18-14(19)9-23-5-3-11(4-6-23)20-15(24)8-12-10-27-17(21-12)22-16(25)13-2-1-7-26-13/h1-2,7,10-11,14H,3-6,8-9H2,(H,20,24)(H,21,22,25). The first kappa shape index (κ1) is 19.8. The molecule has 0 saturated carbocycles. The number of hydrogen-bond donors (Lipinski definition) is 2. The lowest BCUT2D eigenvalue weighted by Gasteiger charge is -2.31. The molecule has 0 aliphatic carbocycles. The normalized spacial score (nSPS) is 15.8. The van der Waals surface area contributed by atoms with Gasteiger partial charge in [-0.15, -0.1) is 22.7 Å². The summed E-state index contributed by atoms with van der Waals surface area (Å²) in [6.45, 7) is 0.912. The molecular weight excluding hydrogens is 394 g/mol. The summed E-state index contributed by atoms with van der Waals surface area (Å²) in [6.07, 6.45) is -0.868. The summed E-state index contributed by atoms with van der Waals surface area (Å²) in [5, 5.41) is 9.68. The first-order chi connectivity index (χ1) is 13.0. The quantitative estimate of drug-likeness (QED) is 0.731. The van der Waals surface area contributed by atoms with Crippen molar-refractivity contribution in [1.29, 1.82) is 0 Å². The molecule has 1 fully saturated rings. The van der Waals surface area contributed by atoms with Crippen molar-refractivity contribution in [3.8, 4) is 0 Å². The van der Waals surface area contributed by atoms with Crippen molar-refractivity contribution in [2.24, 2.45) is 0 Å². The maximum absolute atomic E-state index is 12.4. The molecule has 0 bridgehead atoms. The van der Waals surface area contributed by atoms with Crippen LogP contribution in [0, 0.1) is 0 Å². The SMILES string of the molecule is O=C(Cc1csc(NC(=O)c2cccs2)n1)NC1CCN(CC(F)F)CC1. The van der Waals surface area contributed by atoms with Gasteiger partial charge >= 0.3 is 0 Å². The van der Waals surface area contributed by atoms with E-state index in [4.69, 9.17) is 0 Å². The Labute approximate surface area is 163 Å². The molecule has 1 saturated heterocycles. The van der Waals surface area contributed by atoms with Gasteiger partial charge in [0.2, 0.25) is 5.91 Å². The summed E-state index contributed by atoms with van der Waals surface area (Å²) in [4.78, 5) is 30.8. The molecule has 1 aliphatic rings. The van der Waals surface area contributed by atoms with Crippen LogP contribution < -0.4 is 10.6 Å². The largest absolute Gasteiger partial charge is 0.353 e. The minimum absolute atomic E-state index is 0.00283. The number of likely N-dealkylation sites (tertiary alicyclic amines) is 1. The van der Waals surface area contributed by atoms with Crippen molar-refractivity contribution in [2.45, 2.75) is 31.7 Å². The van der Waals surface area contributed by atoms with E-state index in [0.717, 1.165) is 0 Å². The van der Waals surface area contributed by atoms with Gasteiger partial charge in [-0.3, -0.25) is 19.8 Å². The number of carbonyl (C=O) groups excluding carboxylic acids is 2. The van der Waals surface area contributed by atoms with Crippen LogP contribution in [0.4, 0.5) is 13.9 Å². The van der Waals surface area contributed by atoms with Crippen LogP contribution in [-0.2, 0) is 11.2 Å². The van der Waals surface area contributed by atoms with E-state index in [1.54, 1.807) is 22.4 Å². The second-order valence-corrected chi connectivity index (χ2v) is 8.09. The molecule has 2 N–H and O–H groups in total. The second kappa shape index (κ2) is 9.34. The predicted octanol–water partition coefficient (Wildman–Crippen LogP) is 2.85. The molecule has 146 valence electrons. The van der Waals surface area contributed by atoms with Gasteiger partial charge < -0.3 is 5.32 Å². The van der Waals surface area contributed by atoms with Crippen LogP contribution in [0.25, 0.3) is 0 Å². The Bertz CT molecular complexity index is 759. The van der Waals surface area contributed by atoms with Crippen LogP contribution in [0.1, 0.15) is 28.2 Å². The van der Waals surface area contributed by atoms with Gasteiger partial charge in [-0.1, -0.05) is 6.07 Å². The van der Waals surface area contributed by atoms with Crippen molar-refractivity contribution in [2.75, 3.05) is 25.0 Å². The number of thiophene rings is 1. The highest BCUT2D eigenvalue weighted by Gasteiger charge is 2.22. The summed E-state index contributed by atoms with van der Waals surface area (Å²) in [5.74, 6) is -0.366. The fourth-order valence-electron chi connectivity index (χ4n) is 2.91. The van der Waals surface area contributed by atoms with Crippen LogP contribution in [0.15, 0.2) is 22.9 Å². The van der Waals surface area contributed by atoms with E-state index >= 15 is 0 Å². The predicted molar refractivity (Wildman–Crippen MR) is 102 cm³/mol. The van der Waals surface area contributed by atoms with Crippen LogP contribution in [0.2, 0.25) is 0 Å². The van der Waals surface area contributed by atoms with Crippen molar-refractivity contribution in [1.82, 2.24) is 15.2 Å². The minimum Gasteiger partial charge on any atom is -0.353 e. The Hall–Kier alpha value is -1.91. The molecule has 6 nitrogen and oxygen atoms in total. The molecule has 0 aromatic carbocycles. The number of thiazole rings is 1. The maximum atomic E-state index is 12.4. The number of nitrogens with zero attached hydrogens (tertiary/aromatic N) is 2. The monoisotopic (exact) mass is 414 g/mol. The smallest absolute Gasteiger partial charge is 0.267 e. The van der Waals surface area contributed by atoms with Gasteiger partial charge in [-0.2, -0.15) is 0 Å².